The van der Waals surface area contributed by atoms with Gasteiger partial charge in [0.15, 0.2) is 0 Å². The van der Waals surface area contributed by atoms with Gasteiger partial charge in [-0.3, -0.25) is 4.98 Å². The Morgan fingerprint density at radius 2 is 2.43 bits per heavy atom. The third-order valence-corrected chi connectivity index (χ3v) is 3.27. The zero-order valence-electron chi connectivity index (χ0n) is 7.65. The first-order valence-electron chi connectivity index (χ1n) is 4.33. The van der Waals surface area contributed by atoms with Crippen molar-refractivity contribution < 1.29 is 9.90 Å². The second-order valence-electron chi connectivity index (χ2n) is 2.95. The zero-order valence-corrected chi connectivity index (χ0v) is 8.47. The molecule has 1 N–H and O–H groups in total. The number of nitrogens with zero attached hydrogens (tertiary/aromatic N) is 1. The molecule has 14 heavy (non-hydrogen) atoms. The van der Waals surface area contributed by atoms with Gasteiger partial charge >= 0.3 is 5.97 Å². The van der Waals surface area contributed by atoms with Gasteiger partial charge in [0.05, 0.1) is 10.2 Å². The highest BCUT2D eigenvalue weighted by Crippen LogP contribution is 2.27. The zero-order chi connectivity index (χ0) is 10.1. The van der Waals surface area contributed by atoms with E-state index in [0.29, 0.717) is 4.88 Å². The second kappa shape index (κ2) is 3.38. The van der Waals surface area contributed by atoms with E-state index in [-0.39, 0.29) is 0 Å². The molecule has 2 rings (SSSR count). The minimum Gasteiger partial charge on any atom is -0.477 e. The summed E-state index contributed by atoms with van der Waals surface area (Å²) >= 11 is 1.29. The number of aryl methyl sites for hydroxylation is 1. The van der Waals surface area contributed by atoms with Crippen molar-refractivity contribution in [2.45, 2.75) is 13.3 Å². The van der Waals surface area contributed by atoms with Crippen LogP contribution in [0.2, 0.25) is 0 Å². The molecule has 2 aromatic rings. The van der Waals surface area contributed by atoms with Gasteiger partial charge in [-0.25, -0.2) is 4.79 Å². The number of aromatic carboxylic acids is 1. The molecule has 0 saturated heterocycles. The summed E-state index contributed by atoms with van der Waals surface area (Å²) in [6, 6.07) is 3.56. The van der Waals surface area contributed by atoms with E-state index in [2.05, 4.69) is 11.9 Å². The molecule has 2 aromatic heterocycles. The molecule has 0 amide bonds. The molecule has 0 spiro atoms. The molecule has 0 aliphatic rings. The van der Waals surface area contributed by atoms with Crippen molar-refractivity contribution in [3.63, 3.8) is 0 Å². The average molecular weight is 207 g/mol. The van der Waals surface area contributed by atoms with E-state index >= 15 is 0 Å². The first-order valence-corrected chi connectivity index (χ1v) is 5.14. The van der Waals surface area contributed by atoms with Crippen molar-refractivity contribution in [2.75, 3.05) is 0 Å². The Kier molecular flexibility index (Phi) is 2.21. The number of carbonyl (C=O) groups is 1. The number of rotatable bonds is 2. The largest absolute Gasteiger partial charge is 0.477 e. The van der Waals surface area contributed by atoms with Crippen molar-refractivity contribution in [1.29, 1.82) is 0 Å². The van der Waals surface area contributed by atoms with Crippen LogP contribution in [0.3, 0.4) is 0 Å². The van der Waals surface area contributed by atoms with Gasteiger partial charge < -0.3 is 5.11 Å². The van der Waals surface area contributed by atoms with Gasteiger partial charge in [-0.05, 0) is 24.1 Å². The maximum Gasteiger partial charge on any atom is 0.345 e. The van der Waals surface area contributed by atoms with Crippen LogP contribution in [-0.2, 0) is 6.42 Å². The van der Waals surface area contributed by atoms with Crippen LogP contribution in [0.15, 0.2) is 18.3 Å². The van der Waals surface area contributed by atoms with E-state index < -0.39 is 5.97 Å². The van der Waals surface area contributed by atoms with Gasteiger partial charge in [-0.15, -0.1) is 11.3 Å². The molecule has 0 atom stereocenters. The maximum atomic E-state index is 10.8. The Labute approximate surface area is 85.0 Å². The Morgan fingerprint density at radius 1 is 1.64 bits per heavy atom. The van der Waals surface area contributed by atoms with Crippen LogP contribution in [0.5, 0.6) is 0 Å². The highest BCUT2D eigenvalue weighted by atomic mass is 32.1. The van der Waals surface area contributed by atoms with Crippen LogP contribution in [0, 0.1) is 0 Å². The Hall–Kier alpha value is -1.42. The van der Waals surface area contributed by atoms with Gasteiger partial charge in [0.25, 0.3) is 0 Å². The number of hydrogen-bond donors (Lipinski definition) is 1. The van der Waals surface area contributed by atoms with E-state index in [4.69, 9.17) is 5.11 Å². The van der Waals surface area contributed by atoms with Gasteiger partial charge in [0.2, 0.25) is 0 Å². The molecule has 0 saturated carbocycles. The van der Waals surface area contributed by atoms with Crippen LogP contribution < -0.4 is 0 Å². The SMILES string of the molecule is CCc1ccnc2cc(C(=O)O)sc12. The highest BCUT2D eigenvalue weighted by molar-refractivity contribution is 7.20. The summed E-state index contributed by atoms with van der Waals surface area (Å²) in [6.07, 6.45) is 2.62. The fourth-order valence-electron chi connectivity index (χ4n) is 1.37. The normalized spacial score (nSPS) is 10.6. The summed E-state index contributed by atoms with van der Waals surface area (Å²) in [7, 11) is 0. The van der Waals surface area contributed by atoms with Gasteiger partial charge in [0, 0.05) is 6.20 Å². The first-order chi connectivity index (χ1) is 6.72. The Morgan fingerprint density at radius 3 is 3.07 bits per heavy atom. The molecule has 0 aliphatic heterocycles. The van der Waals surface area contributed by atoms with Crippen LogP contribution >= 0.6 is 11.3 Å². The van der Waals surface area contributed by atoms with Gasteiger partial charge in [-0.1, -0.05) is 6.92 Å². The van der Waals surface area contributed by atoms with E-state index in [1.165, 1.54) is 11.3 Å². The van der Waals surface area contributed by atoms with Crippen LogP contribution in [0.1, 0.15) is 22.2 Å². The van der Waals surface area contributed by atoms with E-state index in [0.717, 1.165) is 22.2 Å². The fourth-order valence-corrected chi connectivity index (χ4v) is 2.41. The molecule has 0 unspecified atom stereocenters. The topological polar surface area (TPSA) is 50.2 Å². The molecule has 0 bridgehead atoms. The molecule has 2 heterocycles. The third-order valence-electron chi connectivity index (χ3n) is 2.09. The molecular weight excluding hydrogens is 198 g/mol. The van der Waals surface area contributed by atoms with E-state index in [1.807, 2.05) is 6.07 Å². The Balaban J connectivity index is 2.70. The molecule has 0 radical (unpaired) electrons. The highest BCUT2D eigenvalue weighted by Gasteiger charge is 2.10. The first kappa shape index (κ1) is 9.15. The summed E-state index contributed by atoms with van der Waals surface area (Å²) in [5.74, 6) is -0.880. The lowest BCUT2D eigenvalue weighted by Gasteiger charge is -1.95. The number of pyridine rings is 1. The predicted octanol–water partition coefficient (Wildman–Crippen LogP) is 2.56. The molecule has 72 valence electrons. The predicted molar refractivity (Wildman–Crippen MR) is 56.0 cm³/mol. The third kappa shape index (κ3) is 1.37. The monoisotopic (exact) mass is 207 g/mol. The standard InChI is InChI=1S/C10H9NO2S/c1-2-6-3-4-11-7-5-8(10(12)13)14-9(6)7/h3-5H,2H2,1H3,(H,12,13). The second-order valence-corrected chi connectivity index (χ2v) is 4.01. The minimum absolute atomic E-state index is 0.355. The molecule has 3 nitrogen and oxygen atoms in total. The van der Waals surface area contributed by atoms with Crippen molar-refractivity contribution in [2.24, 2.45) is 0 Å². The van der Waals surface area contributed by atoms with E-state index in [1.54, 1.807) is 12.3 Å². The summed E-state index contributed by atoms with van der Waals surface area (Å²) in [5.41, 5.74) is 1.94. The average Bonchev–Trinajstić information content (AvgIpc) is 2.60. The van der Waals surface area contributed by atoms with Crippen LogP contribution in [-0.4, -0.2) is 16.1 Å². The number of thiophene rings is 1. The number of carboxylic acids is 1. The number of fused-ring (bicyclic) bond motifs is 1. The lowest BCUT2D eigenvalue weighted by atomic mass is 10.2. The summed E-state index contributed by atoms with van der Waals surface area (Å²) < 4.78 is 0.993. The molecule has 0 aromatic carbocycles. The summed E-state index contributed by atoms with van der Waals surface area (Å²) in [5, 5.41) is 8.83. The maximum absolute atomic E-state index is 10.8. The summed E-state index contributed by atoms with van der Waals surface area (Å²) in [6.45, 7) is 2.05. The lowest BCUT2D eigenvalue weighted by molar-refractivity contribution is 0.0702. The smallest absolute Gasteiger partial charge is 0.345 e. The van der Waals surface area contributed by atoms with Crippen molar-refractivity contribution in [3.05, 3.63) is 28.8 Å². The fraction of sp³-hybridized carbons (Fsp3) is 0.200. The van der Waals surface area contributed by atoms with Crippen molar-refractivity contribution in [1.82, 2.24) is 4.98 Å². The minimum atomic E-state index is -0.880. The van der Waals surface area contributed by atoms with Crippen LogP contribution in [0.4, 0.5) is 0 Å². The van der Waals surface area contributed by atoms with E-state index in [9.17, 15) is 4.79 Å². The summed E-state index contributed by atoms with van der Waals surface area (Å²) in [4.78, 5) is 15.2. The van der Waals surface area contributed by atoms with Gasteiger partial charge in [0.1, 0.15) is 4.88 Å². The number of carboxylic acid groups (broad SMARTS) is 1. The van der Waals surface area contributed by atoms with Crippen LogP contribution in [0.25, 0.3) is 10.2 Å². The van der Waals surface area contributed by atoms with Gasteiger partial charge in [-0.2, -0.15) is 0 Å². The Bertz CT molecular complexity index is 490. The molecule has 4 heteroatoms. The van der Waals surface area contributed by atoms with Crippen molar-refractivity contribution >= 4 is 27.5 Å². The number of hydrogen-bond acceptors (Lipinski definition) is 3. The van der Waals surface area contributed by atoms with Crippen molar-refractivity contribution in [3.8, 4) is 0 Å². The molecule has 0 fully saturated rings. The molecule has 0 aliphatic carbocycles. The quantitative estimate of drug-likeness (QED) is 0.823. The lowest BCUT2D eigenvalue weighted by Crippen LogP contribution is -1.89. The molecular formula is C10H9NO2S. The number of aromatic nitrogens is 1.